The topological polar surface area (TPSA) is 53.1 Å². The van der Waals surface area contributed by atoms with E-state index in [0.29, 0.717) is 19.0 Å². The predicted molar refractivity (Wildman–Crippen MR) is 64.2 cm³/mol. The summed E-state index contributed by atoms with van der Waals surface area (Å²) in [6.07, 6.45) is 0. The van der Waals surface area contributed by atoms with Crippen molar-refractivity contribution in [2.24, 2.45) is 0 Å². The fourth-order valence-corrected chi connectivity index (χ4v) is 2.33. The molecule has 0 bridgehead atoms. The summed E-state index contributed by atoms with van der Waals surface area (Å²) in [4.78, 5) is 0. The molecule has 2 aromatic rings. The van der Waals surface area contributed by atoms with Crippen LogP contribution in [0.5, 0.6) is 0 Å². The molecule has 1 aliphatic heterocycles. The molecule has 82 valence electrons. The fourth-order valence-electron chi connectivity index (χ4n) is 1.88. The Morgan fingerprint density at radius 2 is 2.12 bits per heavy atom. The molecule has 0 spiro atoms. The summed E-state index contributed by atoms with van der Waals surface area (Å²) in [5, 5.41) is 4.35. The van der Waals surface area contributed by atoms with Crippen LogP contribution in [0.3, 0.4) is 0 Å². The van der Waals surface area contributed by atoms with Gasteiger partial charge in [-0.2, -0.15) is 0 Å². The van der Waals surface area contributed by atoms with E-state index in [4.69, 9.17) is 10.5 Å². The molecule has 0 radical (unpaired) electrons. The Morgan fingerprint density at radius 3 is 2.94 bits per heavy atom. The smallest absolute Gasteiger partial charge is 0.151 e. The molecule has 0 fully saturated rings. The van der Waals surface area contributed by atoms with Crippen LogP contribution in [0.1, 0.15) is 11.3 Å². The minimum absolute atomic E-state index is 0.559. The van der Waals surface area contributed by atoms with E-state index < -0.39 is 0 Å². The van der Waals surface area contributed by atoms with Crippen molar-refractivity contribution in [1.29, 1.82) is 0 Å². The van der Waals surface area contributed by atoms with Crippen LogP contribution in [0, 0.1) is 0 Å². The normalized spacial score (nSPS) is 14.1. The van der Waals surface area contributed by atoms with Crippen molar-refractivity contribution < 1.29 is 4.74 Å². The average Bonchev–Trinajstić information content (AvgIpc) is 2.84. The SMILES string of the molecule is Nc1nn(-c2ccccc2Br)c2c1COC2. The number of fused-ring (bicyclic) bond motifs is 1. The van der Waals surface area contributed by atoms with Crippen molar-refractivity contribution in [3.05, 3.63) is 40.0 Å². The summed E-state index contributed by atoms with van der Waals surface area (Å²) >= 11 is 3.51. The lowest BCUT2D eigenvalue weighted by Gasteiger charge is -2.06. The first-order chi connectivity index (χ1) is 7.77. The van der Waals surface area contributed by atoms with Gasteiger partial charge in [0.15, 0.2) is 5.82 Å². The average molecular weight is 280 g/mol. The number of nitrogen functional groups attached to an aromatic ring is 1. The third-order valence-electron chi connectivity index (χ3n) is 2.69. The van der Waals surface area contributed by atoms with E-state index in [-0.39, 0.29) is 0 Å². The first kappa shape index (κ1) is 9.86. The maximum absolute atomic E-state index is 5.85. The van der Waals surface area contributed by atoms with E-state index in [1.54, 1.807) is 0 Å². The van der Waals surface area contributed by atoms with Crippen LogP contribution in [-0.2, 0) is 18.0 Å². The first-order valence-electron chi connectivity index (χ1n) is 4.96. The molecule has 1 aromatic heterocycles. The lowest BCUT2D eigenvalue weighted by Crippen LogP contribution is -2.02. The van der Waals surface area contributed by atoms with Crippen molar-refractivity contribution >= 4 is 21.7 Å². The van der Waals surface area contributed by atoms with Crippen LogP contribution in [0.4, 0.5) is 5.82 Å². The van der Waals surface area contributed by atoms with Gasteiger partial charge in [0, 0.05) is 10.0 Å². The number of nitrogens with two attached hydrogens (primary N) is 1. The zero-order chi connectivity index (χ0) is 11.1. The van der Waals surface area contributed by atoms with Crippen LogP contribution in [-0.4, -0.2) is 9.78 Å². The van der Waals surface area contributed by atoms with Gasteiger partial charge in [-0.25, -0.2) is 4.68 Å². The van der Waals surface area contributed by atoms with Gasteiger partial charge in [0.2, 0.25) is 0 Å². The van der Waals surface area contributed by atoms with Crippen LogP contribution >= 0.6 is 15.9 Å². The summed E-state index contributed by atoms with van der Waals surface area (Å²) in [5.74, 6) is 0.559. The van der Waals surface area contributed by atoms with E-state index >= 15 is 0 Å². The zero-order valence-corrected chi connectivity index (χ0v) is 10.1. The van der Waals surface area contributed by atoms with Gasteiger partial charge < -0.3 is 10.5 Å². The van der Waals surface area contributed by atoms with Crippen molar-refractivity contribution in [1.82, 2.24) is 9.78 Å². The summed E-state index contributed by atoms with van der Waals surface area (Å²) in [5.41, 5.74) is 8.90. The highest BCUT2D eigenvalue weighted by Gasteiger charge is 2.22. The number of aromatic nitrogens is 2. The van der Waals surface area contributed by atoms with Gasteiger partial charge in [-0.1, -0.05) is 12.1 Å². The van der Waals surface area contributed by atoms with Gasteiger partial charge in [0.05, 0.1) is 24.6 Å². The Hall–Kier alpha value is -1.33. The highest BCUT2D eigenvalue weighted by molar-refractivity contribution is 9.10. The van der Waals surface area contributed by atoms with Crippen molar-refractivity contribution in [2.45, 2.75) is 13.2 Å². The van der Waals surface area contributed by atoms with Crippen molar-refractivity contribution in [2.75, 3.05) is 5.73 Å². The summed E-state index contributed by atoms with van der Waals surface area (Å²) in [7, 11) is 0. The first-order valence-corrected chi connectivity index (χ1v) is 5.75. The molecule has 0 amide bonds. The number of hydrogen-bond donors (Lipinski definition) is 1. The summed E-state index contributed by atoms with van der Waals surface area (Å²) in [6.45, 7) is 1.13. The molecule has 0 atom stereocenters. The number of ether oxygens (including phenoxy) is 1. The van der Waals surface area contributed by atoms with E-state index in [9.17, 15) is 0 Å². The predicted octanol–water partition coefficient (Wildman–Crippen LogP) is 2.25. The second-order valence-electron chi connectivity index (χ2n) is 3.67. The second-order valence-corrected chi connectivity index (χ2v) is 4.52. The maximum atomic E-state index is 5.85. The monoisotopic (exact) mass is 279 g/mol. The third-order valence-corrected chi connectivity index (χ3v) is 3.36. The quantitative estimate of drug-likeness (QED) is 0.871. The molecular formula is C11H10BrN3O. The van der Waals surface area contributed by atoms with Crippen LogP contribution in [0.25, 0.3) is 5.69 Å². The van der Waals surface area contributed by atoms with Gasteiger partial charge in [0.25, 0.3) is 0 Å². The van der Waals surface area contributed by atoms with Crippen LogP contribution in [0.2, 0.25) is 0 Å². The second kappa shape index (κ2) is 3.61. The minimum Gasteiger partial charge on any atom is -0.382 e. The molecule has 4 nitrogen and oxygen atoms in total. The molecule has 1 aliphatic rings. The van der Waals surface area contributed by atoms with E-state index in [1.165, 1.54) is 0 Å². The maximum Gasteiger partial charge on any atom is 0.151 e. The number of nitrogens with zero attached hydrogens (tertiary/aromatic N) is 2. The Kier molecular flexibility index (Phi) is 2.22. The lowest BCUT2D eigenvalue weighted by molar-refractivity contribution is 0.131. The van der Waals surface area contributed by atoms with Crippen molar-refractivity contribution in [3.8, 4) is 5.69 Å². The molecular weight excluding hydrogens is 270 g/mol. The molecule has 0 saturated carbocycles. The molecule has 3 rings (SSSR count). The standard InChI is InChI=1S/C11H10BrN3O/c12-8-3-1-2-4-9(8)15-10-6-16-5-7(10)11(13)14-15/h1-4H,5-6H2,(H2,13,14). The Bertz CT molecular complexity index is 550. The molecule has 5 heteroatoms. The van der Waals surface area contributed by atoms with Gasteiger partial charge in [0.1, 0.15) is 0 Å². The number of halogens is 1. The van der Waals surface area contributed by atoms with Gasteiger partial charge in [-0.15, -0.1) is 5.10 Å². The van der Waals surface area contributed by atoms with Gasteiger partial charge in [-0.05, 0) is 28.1 Å². The number of rotatable bonds is 1. The largest absolute Gasteiger partial charge is 0.382 e. The minimum atomic E-state index is 0.559. The van der Waals surface area contributed by atoms with E-state index in [0.717, 1.165) is 21.4 Å². The highest BCUT2D eigenvalue weighted by Crippen LogP contribution is 2.30. The number of para-hydroxylation sites is 1. The van der Waals surface area contributed by atoms with E-state index in [1.807, 2.05) is 28.9 Å². The number of anilines is 1. The molecule has 16 heavy (non-hydrogen) atoms. The summed E-state index contributed by atoms with van der Waals surface area (Å²) in [6, 6.07) is 7.92. The van der Waals surface area contributed by atoms with Crippen LogP contribution in [0.15, 0.2) is 28.7 Å². The van der Waals surface area contributed by atoms with Crippen LogP contribution < -0.4 is 5.73 Å². The highest BCUT2D eigenvalue weighted by atomic mass is 79.9. The molecule has 0 saturated heterocycles. The zero-order valence-electron chi connectivity index (χ0n) is 8.48. The Morgan fingerprint density at radius 1 is 1.31 bits per heavy atom. The Labute approximate surface area is 101 Å². The number of hydrogen-bond acceptors (Lipinski definition) is 3. The molecule has 2 N–H and O–H groups in total. The summed E-state index contributed by atoms with van der Waals surface area (Å²) < 4.78 is 8.22. The molecule has 0 aliphatic carbocycles. The lowest BCUT2D eigenvalue weighted by atomic mass is 10.2. The third kappa shape index (κ3) is 1.36. The van der Waals surface area contributed by atoms with E-state index in [2.05, 4.69) is 21.0 Å². The fraction of sp³-hybridized carbons (Fsp3) is 0.182. The van der Waals surface area contributed by atoms with Crippen molar-refractivity contribution in [3.63, 3.8) is 0 Å². The Balaban J connectivity index is 2.21. The van der Waals surface area contributed by atoms with Gasteiger partial charge in [-0.3, -0.25) is 0 Å². The number of benzene rings is 1. The molecule has 0 unspecified atom stereocenters. The molecule has 1 aromatic carbocycles. The van der Waals surface area contributed by atoms with Gasteiger partial charge >= 0.3 is 0 Å². The molecule has 2 heterocycles.